The average Bonchev–Trinajstić information content (AvgIpc) is 2.73. The van der Waals surface area contributed by atoms with Crippen molar-refractivity contribution < 1.29 is 9.59 Å². The van der Waals surface area contributed by atoms with E-state index in [0.29, 0.717) is 17.1 Å². The van der Waals surface area contributed by atoms with Crippen LogP contribution < -0.4 is 10.6 Å². The molecule has 2 N–H and O–H groups in total. The minimum absolute atomic E-state index is 0.169. The summed E-state index contributed by atoms with van der Waals surface area (Å²) in [7, 11) is 0. The van der Waals surface area contributed by atoms with Crippen molar-refractivity contribution in [3.63, 3.8) is 0 Å². The van der Waals surface area contributed by atoms with Gasteiger partial charge in [-0.15, -0.1) is 0 Å². The van der Waals surface area contributed by atoms with Crippen molar-refractivity contribution >= 4 is 23.4 Å². The monoisotopic (exact) mass is 393 g/mol. The van der Waals surface area contributed by atoms with Crippen LogP contribution in [0.5, 0.6) is 0 Å². The minimum Gasteiger partial charge on any atom is -0.348 e. The molecule has 1 unspecified atom stereocenters. The number of hydrogen-bond donors (Lipinski definition) is 2. The van der Waals surface area contributed by atoms with Crippen LogP contribution in [-0.2, 0) is 6.54 Å². The Labute approximate surface area is 168 Å². The molecule has 0 fully saturated rings. The van der Waals surface area contributed by atoms with Crippen molar-refractivity contribution in [1.82, 2.24) is 15.6 Å². The highest BCUT2D eigenvalue weighted by Gasteiger charge is 2.14. The van der Waals surface area contributed by atoms with Crippen molar-refractivity contribution in [3.8, 4) is 0 Å². The number of nitrogens with one attached hydrogen (secondary N) is 2. The Morgan fingerprint density at radius 3 is 2.43 bits per heavy atom. The first-order valence-electron chi connectivity index (χ1n) is 8.87. The van der Waals surface area contributed by atoms with Gasteiger partial charge in [0.25, 0.3) is 11.8 Å². The maximum Gasteiger partial charge on any atom is 0.270 e. The molecular weight excluding hydrogens is 374 g/mol. The Hall–Kier alpha value is -3.18. The molecule has 6 heteroatoms. The molecule has 0 bridgehead atoms. The fourth-order valence-electron chi connectivity index (χ4n) is 2.68. The first-order chi connectivity index (χ1) is 13.5. The number of pyridine rings is 1. The van der Waals surface area contributed by atoms with Crippen LogP contribution in [0.2, 0.25) is 5.02 Å². The summed E-state index contributed by atoms with van der Waals surface area (Å²) in [6, 6.07) is 19.8. The van der Waals surface area contributed by atoms with Crippen LogP contribution >= 0.6 is 11.6 Å². The summed E-state index contributed by atoms with van der Waals surface area (Å²) in [5.41, 5.74) is 2.50. The van der Waals surface area contributed by atoms with Crippen LogP contribution in [0.25, 0.3) is 0 Å². The lowest BCUT2D eigenvalue weighted by molar-refractivity contribution is 0.0935. The molecule has 0 aliphatic carbocycles. The zero-order chi connectivity index (χ0) is 19.9. The predicted octanol–water partition coefficient (Wildman–Crippen LogP) is 4.16. The molecule has 0 saturated carbocycles. The quantitative estimate of drug-likeness (QED) is 0.660. The van der Waals surface area contributed by atoms with Crippen molar-refractivity contribution in [2.45, 2.75) is 19.5 Å². The lowest BCUT2D eigenvalue weighted by atomic mass is 10.1. The second kappa shape index (κ2) is 9.15. The summed E-state index contributed by atoms with van der Waals surface area (Å²) in [4.78, 5) is 29.0. The van der Waals surface area contributed by atoms with Gasteiger partial charge in [-0.05, 0) is 42.3 Å². The number of benzene rings is 2. The van der Waals surface area contributed by atoms with Crippen LogP contribution in [0, 0.1) is 0 Å². The highest BCUT2D eigenvalue weighted by Crippen LogP contribution is 2.13. The van der Waals surface area contributed by atoms with E-state index in [1.54, 1.807) is 18.2 Å². The summed E-state index contributed by atoms with van der Waals surface area (Å²) in [5.74, 6) is -0.605. The molecule has 1 atom stereocenters. The van der Waals surface area contributed by atoms with E-state index >= 15 is 0 Å². The largest absolute Gasteiger partial charge is 0.348 e. The molecule has 28 heavy (non-hydrogen) atoms. The van der Waals surface area contributed by atoms with Gasteiger partial charge in [0.15, 0.2) is 0 Å². The van der Waals surface area contributed by atoms with Crippen molar-refractivity contribution in [1.29, 1.82) is 0 Å². The van der Waals surface area contributed by atoms with E-state index in [9.17, 15) is 9.59 Å². The van der Waals surface area contributed by atoms with Crippen LogP contribution in [0.3, 0.4) is 0 Å². The molecule has 0 spiro atoms. The van der Waals surface area contributed by atoms with Gasteiger partial charge in [-0.25, -0.2) is 0 Å². The Balaban J connectivity index is 1.63. The van der Waals surface area contributed by atoms with Crippen LogP contribution in [0.1, 0.15) is 44.9 Å². The third-order valence-electron chi connectivity index (χ3n) is 4.27. The number of carbonyl (C=O) groups excluding carboxylic acids is 2. The average molecular weight is 394 g/mol. The van der Waals surface area contributed by atoms with E-state index < -0.39 is 0 Å². The van der Waals surface area contributed by atoms with Gasteiger partial charge in [0.1, 0.15) is 5.69 Å². The standard InChI is InChI=1S/C22H20ClN3O2/c1-15(17-5-3-2-4-6-17)26-22(28)20-13-18(11-12-24-20)21(27)25-14-16-7-9-19(23)10-8-16/h2-13,15H,14H2,1H3,(H,25,27)(H,26,28). The summed E-state index contributed by atoms with van der Waals surface area (Å²) in [5, 5.41) is 6.37. The number of rotatable bonds is 6. The smallest absolute Gasteiger partial charge is 0.270 e. The van der Waals surface area contributed by atoms with E-state index in [2.05, 4.69) is 15.6 Å². The van der Waals surface area contributed by atoms with Crippen molar-refractivity contribution in [2.24, 2.45) is 0 Å². The number of carbonyl (C=O) groups is 2. The van der Waals surface area contributed by atoms with E-state index in [4.69, 9.17) is 11.6 Å². The number of hydrogen-bond acceptors (Lipinski definition) is 3. The van der Waals surface area contributed by atoms with Gasteiger partial charge >= 0.3 is 0 Å². The zero-order valence-electron chi connectivity index (χ0n) is 15.4. The number of nitrogens with zero attached hydrogens (tertiary/aromatic N) is 1. The van der Waals surface area contributed by atoms with E-state index in [1.807, 2.05) is 49.4 Å². The van der Waals surface area contributed by atoms with Crippen LogP contribution in [0.4, 0.5) is 0 Å². The second-order valence-electron chi connectivity index (χ2n) is 6.34. The molecule has 1 aromatic heterocycles. The fourth-order valence-corrected chi connectivity index (χ4v) is 2.80. The zero-order valence-corrected chi connectivity index (χ0v) is 16.1. The lowest BCUT2D eigenvalue weighted by Crippen LogP contribution is -2.28. The molecule has 5 nitrogen and oxygen atoms in total. The topological polar surface area (TPSA) is 71.1 Å². The van der Waals surface area contributed by atoms with Gasteiger partial charge in [-0.1, -0.05) is 54.1 Å². The maximum atomic E-state index is 12.5. The summed E-state index contributed by atoms with van der Waals surface area (Å²) < 4.78 is 0. The van der Waals surface area contributed by atoms with Crippen molar-refractivity contribution in [3.05, 3.63) is 100 Å². The minimum atomic E-state index is -0.330. The van der Waals surface area contributed by atoms with Crippen LogP contribution in [0.15, 0.2) is 72.9 Å². The number of aromatic nitrogens is 1. The van der Waals surface area contributed by atoms with Crippen LogP contribution in [-0.4, -0.2) is 16.8 Å². The first-order valence-corrected chi connectivity index (χ1v) is 9.25. The molecule has 0 radical (unpaired) electrons. The molecule has 2 amide bonds. The van der Waals surface area contributed by atoms with Gasteiger partial charge < -0.3 is 10.6 Å². The summed E-state index contributed by atoms with van der Waals surface area (Å²) in [6.07, 6.45) is 1.46. The number of amides is 2. The molecule has 2 aromatic carbocycles. The Morgan fingerprint density at radius 1 is 1.00 bits per heavy atom. The van der Waals surface area contributed by atoms with Gasteiger partial charge in [0.2, 0.25) is 0 Å². The van der Waals surface area contributed by atoms with E-state index in [0.717, 1.165) is 11.1 Å². The van der Waals surface area contributed by atoms with Gasteiger partial charge in [-0.2, -0.15) is 0 Å². The molecular formula is C22H20ClN3O2. The van der Waals surface area contributed by atoms with Crippen molar-refractivity contribution in [2.75, 3.05) is 0 Å². The molecule has 1 heterocycles. The van der Waals surface area contributed by atoms with Gasteiger partial charge in [0.05, 0.1) is 6.04 Å². The highest BCUT2D eigenvalue weighted by molar-refractivity contribution is 6.30. The first kappa shape index (κ1) is 19.6. The Morgan fingerprint density at radius 2 is 1.71 bits per heavy atom. The summed E-state index contributed by atoms with van der Waals surface area (Å²) >= 11 is 5.86. The predicted molar refractivity (Wildman–Crippen MR) is 109 cm³/mol. The molecule has 142 valence electrons. The van der Waals surface area contributed by atoms with E-state index in [-0.39, 0.29) is 23.6 Å². The van der Waals surface area contributed by atoms with Gasteiger partial charge in [-0.3, -0.25) is 14.6 Å². The molecule has 0 aliphatic heterocycles. The Bertz CT molecular complexity index is 959. The lowest BCUT2D eigenvalue weighted by Gasteiger charge is -2.14. The molecule has 0 saturated heterocycles. The molecule has 3 rings (SSSR count). The third kappa shape index (κ3) is 5.18. The number of halogens is 1. The SMILES string of the molecule is CC(NC(=O)c1cc(C(=O)NCc2ccc(Cl)cc2)ccn1)c1ccccc1. The normalized spacial score (nSPS) is 11.5. The maximum absolute atomic E-state index is 12.5. The second-order valence-corrected chi connectivity index (χ2v) is 6.78. The molecule has 3 aromatic rings. The summed E-state index contributed by atoms with van der Waals surface area (Å²) in [6.45, 7) is 2.26. The van der Waals surface area contributed by atoms with Gasteiger partial charge in [0, 0.05) is 23.3 Å². The Kier molecular flexibility index (Phi) is 6.40. The third-order valence-corrected chi connectivity index (χ3v) is 4.52. The fraction of sp³-hybridized carbons (Fsp3) is 0.136. The highest BCUT2D eigenvalue weighted by atomic mass is 35.5. The molecule has 0 aliphatic rings. The van der Waals surface area contributed by atoms with E-state index in [1.165, 1.54) is 12.3 Å².